The van der Waals surface area contributed by atoms with Gasteiger partial charge in [0.2, 0.25) is 5.91 Å². The van der Waals surface area contributed by atoms with E-state index in [1.165, 1.54) is 6.07 Å². The molecule has 0 aliphatic carbocycles. The fourth-order valence-corrected chi connectivity index (χ4v) is 3.22. The van der Waals surface area contributed by atoms with E-state index in [1.807, 2.05) is 6.07 Å². The van der Waals surface area contributed by atoms with E-state index in [1.54, 1.807) is 6.07 Å². The van der Waals surface area contributed by atoms with Gasteiger partial charge in [0.25, 0.3) is 0 Å². The lowest BCUT2D eigenvalue weighted by Crippen LogP contribution is -2.22. The Morgan fingerprint density at radius 1 is 1.32 bits per heavy atom. The summed E-state index contributed by atoms with van der Waals surface area (Å²) >= 11 is 0. The Morgan fingerprint density at radius 2 is 2.14 bits per heavy atom. The maximum absolute atomic E-state index is 14.1. The zero-order valence-electron chi connectivity index (χ0n) is 12.8. The van der Waals surface area contributed by atoms with E-state index in [9.17, 15) is 9.18 Å². The summed E-state index contributed by atoms with van der Waals surface area (Å²) in [5.74, 6) is -0.504. The molecule has 1 N–H and O–H groups in total. The molecule has 2 saturated heterocycles. The summed E-state index contributed by atoms with van der Waals surface area (Å²) in [5.41, 5.74) is 1.12. The smallest absolute Gasteiger partial charge is 0.224 e. The standard InChI is InChI=1S/C17H23FN2O2/c18-14-6-3-7-15(20-10-1-2-11-20)17(14)19-16(21)9-8-13-5-4-12-22-13/h3,6-7,13H,1-2,4-5,8-12H2,(H,19,21). The van der Waals surface area contributed by atoms with Crippen LogP contribution in [0.15, 0.2) is 18.2 Å². The lowest BCUT2D eigenvalue weighted by Gasteiger charge is -2.22. The molecule has 1 unspecified atom stereocenters. The molecule has 1 aromatic carbocycles. The number of carbonyl (C=O) groups excluding carboxylic acids is 1. The molecule has 120 valence electrons. The van der Waals surface area contributed by atoms with Crippen LogP contribution in [0.4, 0.5) is 15.8 Å². The Bertz CT molecular complexity index is 523. The quantitative estimate of drug-likeness (QED) is 0.907. The fourth-order valence-electron chi connectivity index (χ4n) is 3.22. The summed E-state index contributed by atoms with van der Waals surface area (Å²) in [6.45, 7) is 2.63. The van der Waals surface area contributed by atoms with Crippen molar-refractivity contribution < 1.29 is 13.9 Å². The van der Waals surface area contributed by atoms with E-state index >= 15 is 0 Å². The summed E-state index contributed by atoms with van der Waals surface area (Å²) < 4.78 is 19.7. The first-order valence-corrected chi connectivity index (χ1v) is 8.19. The molecule has 3 rings (SSSR count). The second-order valence-electron chi connectivity index (χ2n) is 6.05. The highest BCUT2D eigenvalue weighted by Gasteiger charge is 2.21. The number of nitrogens with zero attached hydrogens (tertiary/aromatic N) is 1. The molecule has 0 saturated carbocycles. The van der Waals surface area contributed by atoms with Gasteiger partial charge in [-0.15, -0.1) is 0 Å². The zero-order valence-corrected chi connectivity index (χ0v) is 12.8. The third kappa shape index (κ3) is 3.58. The van der Waals surface area contributed by atoms with Gasteiger partial charge in [-0.1, -0.05) is 6.07 Å². The number of benzene rings is 1. The number of nitrogens with one attached hydrogen (secondary N) is 1. The number of hydrogen-bond acceptors (Lipinski definition) is 3. The second-order valence-corrected chi connectivity index (χ2v) is 6.05. The molecule has 2 aliphatic rings. The predicted molar refractivity (Wildman–Crippen MR) is 84.7 cm³/mol. The van der Waals surface area contributed by atoms with Crippen molar-refractivity contribution in [1.29, 1.82) is 0 Å². The normalized spacial score (nSPS) is 21.3. The van der Waals surface area contributed by atoms with Crippen LogP contribution in [0.3, 0.4) is 0 Å². The number of para-hydroxylation sites is 1. The van der Waals surface area contributed by atoms with Crippen molar-refractivity contribution in [1.82, 2.24) is 0 Å². The van der Waals surface area contributed by atoms with Crippen molar-refractivity contribution in [3.63, 3.8) is 0 Å². The average Bonchev–Trinajstić information content (AvgIpc) is 3.20. The SMILES string of the molecule is O=C(CCC1CCCO1)Nc1c(F)cccc1N1CCCC1. The predicted octanol–water partition coefficient (Wildman–Crippen LogP) is 3.32. The van der Waals surface area contributed by atoms with E-state index in [0.29, 0.717) is 18.5 Å². The topological polar surface area (TPSA) is 41.6 Å². The number of anilines is 2. The highest BCUT2D eigenvalue weighted by Crippen LogP contribution is 2.31. The highest BCUT2D eigenvalue weighted by molar-refractivity contribution is 5.94. The van der Waals surface area contributed by atoms with Gasteiger partial charge in [0.1, 0.15) is 11.5 Å². The summed E-state index contributed by atoms with van der Waals surface area (Å²) in [7, 11) is 0. The molecule has 0 radical (unpaired) electrons. The van der Waals surface area contributed by atoms with Crippen molar-refractivity contribution in [2.75, 3.05) is 29.9 Å². The average molecular weight is 306 g/mol. The maximum Gasteiger partial charge on any atom is 0.224 e. The molecule has 1 atom stereocenters. The van der Waals surface area contributed by atoms with Crippen LogP contribution in [0.5, 0.6) is 0 Å². The van der Waals surface area contributed by atoms with Gasteiger partial charge in [0.05, 0.1) is 11.8 Å². The minimum atomic E-state index is -0.366. The van der Waals surface area contributed by atoms with Gasteiger partial charge < -0.3 is 15.0 Å². The Balaban J connectivity index is 1.64. The largest absolute Gasteiger partial charge is 0.378 e. The summed E-state index contributed by atoms with van der Waals surface area (Å²) in [6, 6.07) is 4.98. The van der Waals surface area contributed by atoms with Crippen LogP contribution in [-0.4, -0.2) is 31.7 Å². The van der Waals surface area contributed by atoms with Crippen LogP contribution >= 0.6 is 0 Å². The van der Waals surface area contributed by atoms with Crippen molar-refractivity contribution in [3.05, 3.63) is 24.0 Å². The third-order valence-electron chi connectivity index (χ3n) is 4.42. The fraction of sp³-hybridized carbons (Fsp3) is 0.588. The van der Waals surface area contributed by atoms with E-state index in [2.05, 4.69) is 10.2 Å². The van der Waals surface area contributed by atoms with Crippen molar-refractivity contribution >= 4 is 17.3 Å². The van der Waals surface area contributed by atoms with Gasteiger partial charge in [-0.2, -0.15) is 0 Å². The highest BCUT2D eigenvalue weighted by atomic mass is 19.1. The molecule has 0 aromatic heterocycles. The summed E-state index contributed by atoms with van der Waals surface area (Å²) in [4.78, 5) is 14.3. The van der Waals surface area contributed by atoms with Gasteiger partial charge in [-0.25, -0.2) is 4.39 Å². The monoisotopic (exact) mass is 306 g/mol. The van der Waals surface area contributed by atoms with Gasteiger partial charge >= 0.3 is 0 Å². The van der Waals surface area contributed by atoms with Crippen LogP contribution in [0.1, 0.15) is 38.5 Å². The molecule has 5 heteroatoms. The molecule has 4 nitrogen and oxygen atoms in total. The summed E-state index contributed by atoms with van der Waals surface area (Å²) in [5, 5.41) is 2.77. The first kappa shape index (κ1) is 15.3. The minimum Gasteiger partial charge on any atom is -0.378 e. The molecule has 2 aliphatic heterocycles. The number of carbonyl (C=O) groups is 1. The lowest BCUT2D eigenvalue weighted by molar-refractivity contribution is -0.116. The Hall–Kier alpha value is -1.62. The van der Waals surface area contributed by atoms with E-state index < -0.39 is 0 Å². The number of halogens is 1. The molecule has 0 bridgehead atoms. The van der Waals surface area contributed by atoms with Crippen molar-refractivity contribution in [2.24, 2.45) is 0 Å². The number of amides is 1. The van der Waals surface area contributed by atoms with Gasteiger partial charge in [0, 0.05) is 26.1 Å². The first-order chi connectivity index (χ1) is 10.7. The zero-order chi connectivity index (χ0) is 15.4. The number of rotatable bonds is 5. The van der Waals surface area contributed by atoms with Gasteiger partial charge in [-0.05, 0) is 44.2 Å². The van der Waals surface area contributed by atoms with E-state index in [4.69, 9.17) is 4.74 Å². The molecule has 0 spiro atoms. The third-order valence-corrected chi connectivity index (χ3v) is 4.42. The first-order valence-electron chi connectivity index (χ1n) is 8.19. The Morgan fingerprint density at radius 3 is 2.86 bits per heavy atom. The van der Waals surface area contributed by atoms with Crippen LogP contribution in [0, 0.1) is 5.82 Å². The minimum absolute atomic E-state index is 0.138. The molecule has 1 aromatic rings. The van der Waals surface area contributed by atoms with Crippen molar-refractivity contribution in [2.45, 2.75) is 44.6 Å². The maximum atomic E-state index is 14.1. The molecule has 1 amide bonds. The number of ether oxygens (including phenoxy) is 1. The number of hydrogen-bond donors (Lipinski definition) is 1. The van der Waals surface area contributed by atoms with Crippen molar-refractivity contribution in [3.8, 4) is 0 Å². The van der Waals surface area contributed by atoms with Gasteiger partial charge in [-0.3, -0.25) is 4.79 Å². The Kier molecular flexibility index (Phi) is 4.93. The Labute approximate surface area is 130 Å². The van der Waals surface area contributed by atoms with Gasteiger partial charge in [0.15, 0.2) is 0 Å². The lowest BCUT2D eigenvalue weighted by atomic mass is 10.1. The molecular formula is C17H23FN2O2. The van der Waals surface area contributed by atoms with Crippen LogP contribution in [0.2, 0.25) is 0 Å². The molecule has 22 heavy (non-hydrogen) atoms. The van der Waals surface area contributed by atoms with Crippen LogP contribution in [-0.2, 0) is 9.53 Å². The molecule has 2 heterocycles. The van der Waals surface area contributed by atoms with Crippen LogP contribution < -0.4 is 10.2 Å². The molecule has 2 fully saturated rings. The second kappa shape index (κ2) is 7.09. The van der Waals surface area contributed by atoms with Crippen LogP contribution in [0.25, 0.3) is 0 Å². The van der Waals surface area contributed by atoms with E-state index in [-0.39, 0.29) is 17.8 Å². The van der Waals surface area contributed by atoms with E-state index in [0.717, 1.165) is 51.1 Å². The summed E-state index contributed by atoms with van der Waals surface area (Å²) in [6.07, 6.45) is 5.58. The molecular weight excluding hydrogens is 283 g/mol.